The summed E-state index contributed by atoms with van der Waals surface area (Å²) in [7, 11) is 0. The summed E-state index contributed by atoms with van der Waals surface area (Å²) >= 11 is 1.64. The lowest BCUT2D eigenvalue weighted by Gasteiger charge is -2.40. The Hall–Kier alpha value is -3.62. The monoisotopic (exact) mass is 569 g/mol. The largest absolute Gasteiger partial charge is 0.394 e. The Kier molecular flexibility index (Phi) is 7.62. The molecule has 3 aromatic rings. The summed E-state index contributed by atoms with van der Waals surface area (Å²) in [5.74, 6) is -1.78. The summed E-state index contributed by atoms with van der Waals surface area (Å²) < 4.78 is -0.764. The summed E-state index contributed by atoms with van der Waals surface area (Å²) in [6.07, 6.45) is 0.753. The number of hydrogen-bond donors (Lipinski definition) is 3. The number of carbonyl (C=O) groups is 3. The van der Waals surface area contributed by atoms with Gasteiger partial charge in [-0.25, -0.2) is 0 Å². The van der Waals surface area contributed by atoms with Crippen molar-refractivity contribution in [2.45, 2.75) is 48.5 Å². The van der Waals surface area contributed by atoms with Gasteiger partial charge in [0.2, 0.25) is 17.7 Å². The smallest absolute Gasteiger partial charge is 0.244 e. The van der Waals surface area contributed by atoms with Gasteiger partial charge in [0.05, 0.1) is 29.2 Å². The molecule has 3 aromatic carbocycles. The minimum atomic E-state index is -0.821. The first-order chi connectivity index (χ1) is 20.0. The zero-order valence-electron chi connectivity index (χ0n) is 23.0. The lowest BCUT2D eigenvalue weighted by molar-refractivity contribution is -0.143. The quantitative estimate of drug-likeness (QED) is 0.365. The molecular weight excluding hydrogens is 534 g/mol. The van der Waals surface area contributed by atoms with E-state index in [1.54, 1.807) is 16.7 Å². The molecule has 3 aliphatic heterocycles. The predicted octanol–water partition coefficient (Wildman–Crippen LogP) is 3.69. The number of likely N-dealkylation sites (tertiary alicyclic amines) is 1. The van der Waals surface area contributed by atoms with Gasteiger partial charge in [-0.1, -0.05) is 97.9 Å². The van der Waals surface area contributed by atoms with Crippen molar-refractivity contribution in [3.8, 4) is 0 Å². The first kappa shape index (κ1) is 27.5. The average molecular weight is 570 g/mol. The molecule has 7 atom stereocenters. The molecule has 1 spiro atoms. The van der Waals surface area contributed by atoms with E-state index in [-0.39, 0.29) is 35.5 Å². The van der Waals surface area contributed by atoms with Crippen molar-refractivity contribution in [1.82, 2.24) is 15.5 Å². The van der Waals surface area contributed by atoms with Crippen molar-refractivity contribution in [1.29, 1.82) is 0 Å². The number of carbonyl (C=O) groups excluding carboxylic acids is 3. The maximum atomic E-state index is 14.5. The van der Waals surface area contributed by atoms with Crippen LogP contribution in [-0.4, -0.2) is 50.4 Å². The summed E-state index contributed by atoms with van der Waals surface area (Å²) in [6, 6.07) is 27.2. The summed E-state index contributed by atoms with van der Waals surface area (Å²) in [5.41, 5.74) is 2.71. The fourth-order valence-corrected chi connectivity index (χ4v) is 9.62. The molecule has 212 valence electrons. The van der Waals surface area contributed by atoms with Gasteiger partial charge >= 0.3 is 0 Å². The lowest BCUT2D eigenvalue weighted by atomic mass is 9.66. The Balaban J connectivity index is 1.35. The molecule has 3 N–H and O–H groups in total. The van der Waals surface area contributed by atoms with E-state index in [0.717, 1.165) is 23.1 Å². The molecule has 7 nitrogen and oxygen atoms in total. The van der Waals surface area contributed by atoms with Gasteiger partial charge in [-0.2, -0.15) is 0 Å². The van der Waals surface area contributed by atoms with Crippen LogP contribution in [-0.2, 0) is 27.5 Å². The molecule has 6 rings (SSSR count). The van der Waals surface area contributed by atoms with Gasteiger partial charge in [-0.3, -0.25) is 14.4 Å². The lowest BCUT2D eigenvalue weighted by Crippen LogP contribution is -2.57. The third kappa shape index (κ3) is 4.73. The van der Waals surface area contributed by atoms with Crippen molar-refractivity contribution in [2.75, 3.05) is 6.61 Å². The second kappa shape index (κ2) is 11.3. The Morgan fingerprint density at radius 2 is 1.44 bits per heavy atom. The van der Waals surface area contributed by atoms with Gasteiger partial charge in [0.15, 0.2) is 0 Å². The highest BCUT2D eigenvalue weighted by molar-refractivity contribution is 8.02. The maximum Gasteiger partial charge on any atom is 0.244 e. The molecule has 3 unspecified atom stereocenters. The first-order valence-corrected chi connectivity index (χ1v) is 15.1. The molecule has 0 radical (unpaired) electrons. The van der Waals surface area contributed by atoms with E-state index in [2.05, 4.69) is 17.6 Å². The second-order valence-electron chi connectivity index (χ2n) is 11.3. The van der Waals surface area contributed by atoms with E-state index in [0.29, 0.717) is 13.1 Å². The molecule has 41 heavy (non-hydrogen) atoms. The van der Waals surface area contributed by atoms with Crippen LogP contribution in [0.1, 0.15) is 36.1 Å². The summed E-state index contributed by atoms with van der Waals surface area (Å²) in [4.78, 5) is 44.1. The van der Waals surface area contributed by atoms with Crippen LogP contribution in [0.5, 0.6) is 0 Å². The standard InChI is InChI=1S/C33H35N3O4S/c1-21-17-26-27(30(38)34-18-22-11-5-2-6-12-22)28-32(40)36(25(20-37)24-15-9-4-10-16-24)29(33(21,28)41-26)31(39)35-19-23-13-7-3-8-14-23/h2-16,21,25-29,37H,17-20H2,1H3,(H,34,38)(H,35,39)/t21?,25-,26-,27+,28+,29?,33?/m1/s1. The number of hydrogen-bond acceptors (Lipinski definition) is 5. The molecule has 0 aliphatic carbocycles. The van der Waals surface area contributed by atoms with Crippen LogP contribution in [0.15, 0.2) is 91.0 Å². The summed E-state index contributed by atoms with van der Waals surface area (Å²) in [6.45, 7) is 2.49. The zero-order chi connectivity index (χ0) is 28.6. The number of amides is 3. The Bertz CT molecular complexity index is 1410. The topological polar surface area (TPSA) is 98.7 Å². The van der Waals surface area contributed by atoms with E-state index in [1.807, 2.05) is 91.0 Å². The van der Waals surface area contributed by atoms with Gasteiger partial charge in [0, 0.05) is 18.3 Å². The van der Waals surface area contributed by atoms with Gasteiger partial charge in [-0.15, -0.1) is 11.8 Å². The number of thioether (sulfide) groups is 1. The third-order valence-corrected chi connectivity index (χ3v) is 11.1. The highest BCUT2D eigenvalue weighted by Crippen LogP contribution is 2.69. The average Bonchev–Trinajstić information content (AvgIpc) is 3.60. The number of fused-ring (bicyclic) bond motifs is 1. The predicted molar refractivity (Wildman–Crippen MR) is 158 cm³/mol. The number of aliphatic hydroxyl groups excluding tert-OH is 1. The highest BCUT2D eigenvalue weighted by Gasteiger charge is 2.76. The second-order valence-corrected chi connectivity index (χ2v) is 12.9. The van der Waals surface area contributed by atoms with Gasteiger partial charge in [0.25, 0.3) is 0 Å². The van der Waals surface area contributed by atoms with Crippen molar-refractivity contribution in [3.05, 3.63) is 108 Å². The van der Waals surface area contributed by atoms with Crippen LogP contribution in [0.25, 0.3) is 0 Å². The van der Waals surface area contributed by atoms with Gasteiger partial charge in [-0.05, 0) is 29.0 Å². The maximum absolute atomic E-state index is 14.5. The normalized spacial score (nSPS) is 28.8. The van der Waals surface area contributed by atoms with Crippen LogP contribution in [0.3, 0.4) is 0 Å². The number of nitrogens with zero attached hydrogens (tertiary/aromatic N) is 1. The number of aliphatic hydroxyl groups is 1. The van der Waals surface area contributed by atoms with Crippen LogP contribution >= 0.6 is 11.8 Å². The molecule has 3 saturated heterocycles. The molecule has 0 aromatic heterocycles. The van der Waals surface area contributed by atoms with E-state index < -0.39 is 28.7 Å². The van der Waals surface area contributed by atoms with E-state index in [1.165, 1.54) is 0 Å². The fraction of sp³-hybridized carbons (Fsp3) is 0.364. The molecule has 0 saturated carbocycles. The van der Waals surface area contributed by atoms with Crippen molar-refractivity contribution >= 4 is 29.5 Å². The molecule has 3 heterocycles. The molecule has 3 amide bonds. The summed E-state index contributed by atoms with van der Waals surface area (Å²) in [5, 5.41) is 16.8. The van der Waals surface area contributed by atoms with Crippen LogP contribution < -0.4 is 10.6 Å². The number of benzene rings is 3. The number of rotatable bonds is 9. The van der Waals surface area contributed by atoms with Crippen molar-refractivity contribution in [2.24, 2.45) is 17.8 Å². The van der Waals surface area contributed by atoms with Crippen molar-refractivity contribution in [3.63, 3.8) is 0 Å². The Labute approximate surface area is 244 Å². The highest BCUT2D eigenvalue weighted by atomic mass is 32.2. The van der Waals surface area contributed by atoms with Crippen LogP contribution in [0.4, 0.5) is 0 Å². The van der Waals surface area contributed by atoms with Gasteiger partial charge < -0.3 is 20.6 Å². The third-order valence-electron chi connectivity index (χ3n) is 9.05. The number of nitrogens with one attached hydrogen (secondary N) is 2. The minimum absolute atomic E-state index is 0.0391. The molecular formula is C33H35N3O4S. The molecule has 2 bridgehead atoms. The molecule has 3 fully saturated rings. The Morgan fingerprint density at radius 1 is 0.902 bits per heavy atom. The van der Waals surface area contributed by atoms with E-state index in [9.17, 15) is 19.5 Å². The molecule has 3 aliphatic rings. The fourth-order valence-electron chi connectivity index (χ4n) is 7.21. The van der Waals surface area contributed by atoms with Crippen LogP contribution in [0, 0.1) is 17.8 Å². The SMILES string of the molecule is CC1C[C@H]2SC13C(C(=O)NCc1ccccc1)N([C@H](CO)c1ccccc1)C(=O)[C@@H]3[C@H]2C(=O)NCc1ccccc1. The van der Waals surface area contributed by atoms with E-state index in [4.69, 9.17) is 0 Å². The van der Waals surface area contributed by atoms with E-state index >= 15 is 0 Å². The zero-order valence-corrected chi connectivity index (χ0v) is 23.8. The first-order valence-electron chi connectivity index (χ1n) is 14.2. The molecule has 8 heteroatoms. The Morgan fingerprint density at radius 3 is 2.00 bits per heavy atom. The van der Waals surface area contributed by atoms with Crippen LogP contribution in [0.2, 0.25) is 0 Å². The van der Waals surface area contributed by atoms with Crippen molar-refractivity contribution < 1.29 is 19.5 Å². The minimum Gasteiger partial charge on any atom is -0.394 e. The van der Waals surface area contributed by atoms with Gasteiger partial charge in [0.1, 0.15) is 6.04 Å².